The van der Waals surface area contributed by atoms with Crippen LogP contribution in [0.5, 0.6) is 0 Å². The third-order valence-electron chi connectivity index (χ3n) is 2.49. The van der Waals surface area contributed by atoms with Crippen molar-refractivity contribution in [3.05, 3.63) is 22.8 Å². The molecule has 0 amide bonds. The molecule has 0 spiro atoms. The van der Waals surface area contributed by atoms with Crippen molar-refractivity contribution in [1.29, 1.82) is 0 Å². The second-order valence-corrected chi connectivity index (χ2v) is 4.79. The second-order valence-electron chi connectivity index (χ2n) is 3.94. The lowest BCUT2D eigenvalue weighted by molar-refractivity contribution is 0.439. The van der Waals surface area contributed by atoms with Crippen molar-refractivity contribution in [2.75, 3.05) is 11.9 Å². The molecular weight excluding hydrogens is 240 g/mol. The van der Waals surface area contributed by atoms with Crippen molar-refractivity contribution in [2.24, 2.45) is 11.8 Å². The molecule has 0 aromatic carbocycles. The minimum Gasteiger partial charge on any atom is -0.369 e. The average Bonchev–Trinajstić information content (AvgIpc) is 2.16. The standard InChI is InChI=1S/C11H17BrN2/c1-8(2)9(3)7-14-11-10(12)5-4-6-13-11/h4-6,8-9H,7H2,1-3H3,(H,13,14). The van der Waals surface area contributed by atoms with E-state index in [0.717, 1.165) is 16.8 Å². The summed E-state index contributed by atoms with van der Waals surface area (Å²) in [6, 6.07) is 3.91. The fourth-order valence-electron chi connectivity index (χ4n) is 1.01. The summed E-state index contributed by atoms with van der Waals surface area (Å²) in [4.78, 5) is 4.25. The van der Waals surface area contributed by atoms with Crippen molar-refractivity contribution in [3.8, 4) is 0 Å². The molecule has 78 valence electrons. The largest absolute Gasteiger partial charge is 0.369 e. The quantitative estimate of drug-likeness (QED) is 0.892. The lowest BCUT2D eigenvalue weighted by Crippen LogP contribution is -2.16. The first kappa shape index (κ1) is 11.5. The number of hydrogen-bond donors (Lipinski definition) is 1. The Hall–Kier alpha value is -0.570. The Morgan fingerprint density at radius 3 is 2.71 bits per heavy atom. The molecule has 1 heterocycles. The van der Waals surface area contributed by atoms with Crippen LogP contribution in [-0.4, -0.2) is 11.5 Å². The molecule has 1 atom stereocenters. The number of nitrogens with zero attached hydrogens (tertiary/aromatic N) is 1. The van der Waals surface area contributed by atoms with Gasteiger partial charge in [0.25, 0.3) is 0 Å². The molecule has 0 saturated carbocycles. The van der Waals surface area contributed by atoms with E-state index in [9.17, 15) is 0 Å². The van der Waals surface area contributed by atoms with E-state index in [1.807, 2.05) is 12.1 Å². The molecule has 1 unspecified atom stereocenters. The molecule has 0 radical (unpaired) electrons. The van der Waals surface area contributed by atoms with Gasteiger partial charge in [-0.3, -0.25) is 0 Å². The minimum absolute atomic E-state index is 0.656. The van der Waals surface area contributed by atoms with E-state index in [4.69, 9.17) is 0 Å². The van der Waals surface area contributed by atoms with Gasteiger partial charge in [0.1, 0.15) is 5.82 Å². The molecule has 0 fully saturated rings. The fraction of sp³-hybridized carbons (Fsp3) is 0.545. The fourth-order valence-corrected chi connectivity index (χ4v) is 1.40. The van der Waals surface area contributed by atoms with Gasteiger partial charge in [-0.2, -0.15) is 0 Å². The highest BCUT2D eigenvalue weighted by atomic mass is 79.9. The van der Waals surface area contributed by atoms with Crippen LogP contribution in [0.25, 0.3) is 0 Å². The van der Waals surface area contributed by atoms with Gasteiger partial charge >= 0.3 is 0 Å². The Kier molecular flexibility index (Phi) is 4.39. The SMILES string of the molecule is CC(C)C(C)CNc1ncccc1Br. The number of anilines is 1. The highest BCUT2D eigenvalue weighted by molar-refractivity contribution is 9.10. The maximum atomic E-state index is 4.25. The van der Waals surface area contributed by atoms with Crippen molar-refractivity contribution in [3.63, 3.8) is 0 Å². The van der Waals surface area contributed by atoms with Gasteiger partial charge in [0.2, 0.25) is 0 Å². The predicted molar refractivity (Wildman–Crippen MR) is 64.4 cm³/mol. The highest BCUT2D eigenvalue weighted by Gasteiger charge is 2.07. The molecule has 0 aliphatic heterocycles. The van der Waals surface area contributed by atoms with Crippen LogP contribution < -0.4 is 5.32 Å². The number of rotatable bonds is 4. The van der Waals surface area contributed by atoms with Crippen molar-refractivity contribution in [1.82, 2.24) is 4.98 Å². The van der Waals surface area contributed by atoms with Gasteiger partial charge in [-0.25, -0.2) is 4.98 Å². The summed E-state index contributed by atoms with van der Waals surface area (Å²) in [5, 5.41) is 3.34. The monoisotopic (exact) mass is 256 g/mol. The minimum atomic E-state index is 0.656. The molecule has 0 saturated heterocycles. The van der Waals surface area contributed by atoms with Gasteiger partial charge in [-0.15, -0.1) is 0 Å². The summed E-state index contributed by atoms with van der Waals surface area (Å²) in [5.41, 5.74) is 0. The Bertz CT molecular complexity index is 286. The van der Waals surface area contributed by atoms with Gasteiger partial charge in [0.05, 0.1) is 4.47 Å². The summed E-state index contributed by atoms with van der Waals surface area (Å²) in [7, 11) is 0. The van der Waals surface area contributed by atoms with Gasteiger partial charge in [0, 0.05) is 12.7 Å². The molecular formula is C11H17BrN2. The van der Waals surface area contributed by atoms with Crippen LogP contribution >= 0.6 is 15.9 Å². The molecule has 1 aromatic heterocycles. The maximum absolute atomic E-state index is 4.25. The highest BCUT2D eigenvalue weighted by Crippen LogP contribution is 2.19. The van der Waals surface area contributed by atoms with Crippen LogP contribution in [0.15, 0.2) is 22.8 Å². The summed E-state index contributed by atoms with van der Waals surface area (Å²) in [5.74, 6) is 2.29. The molecule has 0 aliphatic carbocycles. The van der Waals surface area contributed by atoms with E-state index < -0.39 is 0 Å². The van der Waals surface area contributed by atoms with Gasteiger partial charge in [0.15, 0.2) is 0 Å². The van der Waals surface area contributed by atoms with Crippen LogP contribution in [0.1, 0.15) is 20.8 Å². The summed E-state index contributed by atoms with van der Waals surface area (Å²) < 4.78 is 1.02. The molecule has 3 heteroatoms. The Morgan fingerprint density at radius 2 is 2.14 bits per heavy atom. The van der Waals surface area contributed by atoms with Gasteiger partial charge < -0.3 is 5.32 Å². The predicted octanol–water partition coefficient (Wildman–Crippen LogP) is 3.55. The van der Waals surface area contributed by atoms with E-state index in [2.05, 4.69) is 47.0 Å². The zero-order valence-corrected chi connectivity index (χ0v) is 10.5. The normalized spacial score (nSPS) is 12.9. The third-order valence-corrected chi connectivity index (χ3v) is 3.13. The molecule has 1 rings (SSSR count). The lowest BCUT2D eigenvalue weighted by Gasteiger charge is -2.16. The topological polar surface area (TPSA) is 24.9 Å². The first-order chi connectivity index (χ1) is 6.61. The second kappa shape index (κ2) is 5.35. The lowest BCUT2D eigenvalue weighted by atomic mass is 9.98. The van der Waals surface area contributed by atoms with Gasteiger partial charge in [-0.05, 0) is 39.9 Å². The van der Waals surface area contributed by atoms with Crippen LogP contribution in [0.3, 0.4) is 0 Å². The van der Waals surface area contributed by atoms with E-state index in [-0.39, 0.29) is 0 Å². The molecule has 14 heavy (non-hydrogen) atoms. The summed E-state index contributed by atoms with van der Waals surface area (Å²) >= 11 is 3.46. The molecule has 0 bridgehead atoms. The van der Waals surface area contributed by atoms with Crippen LogP contribution in [0, 0.1) is 11.8 Å². The number of pyridine rings is 1. The van der Waals surface area contributed by atoms with Crippen LogP contribution in [0.4, 0.5) is 5.82 Å². The molecule has 0 aliphatic rings. The average molecular weight is 257 g/mol. The van der Waals surface area contributed by atoms with E-state index >= 15 is 0 Å². The number of nitrogens with one attached hydrogen (secondary N) is 1. The Labute approximate surface area is 94.3 Å². The summed E-state index contributed by atoms with van der Waals surface area (Å²) in [6.07, 6.45) is 1.80. The summed E-state index contributed by atoms with van der Waals surface area (Å²) in [6.45, 7) is 7.68. The Balaban J connectivity index is 2.50. The number of halogens is 1. The third kappa shape index (κ3) is 3.29. The van der Waals surface area contributed by atoms with Crippen molar-refractivity contribution < 1.29 is 0 Å². The number of aromatic nitrogens is 1. The Morgan fingerprint density at radius 1 is 1.43 bits per heavy atom. The first-order valence-corrected chi connectivity index (χ1v) is 5.75. The van der Waals surface area contributed by atoms with Crippen molar-refractivity contribution >= 4 is 21.7 Å². The molecule has 1 N–H and O–H groups in total. The van der Waals surface area contributed by atoms with E-state index in [0.29, 0.717) is 11.8 Å². The first-order valence-electron chi connectivity index (χ1n) is 4.95. The molecule has 1 aromatic rings. The van der Waals surface area contributed by atoms with Gasteiger partial charge in [-0.1, -0.05) is 20.8 Å². The van der Waals surface area contributed by atoms with Crippen LogP contribution in [-0.2, 0) is 0 Å². The maximum Gasteiger partial charge on any atom is 0.140 e. The van der Waals surface area contributed by atoms with Crippen LogP contribution in [0.2, 0.25) is 0 Å². The molecule has 2 nitrogen and oxygen atoms in total. The smallest absolute Gasteiger partial charge is 0.140 e. The van der Waals surface area contributed by atoms with E-state index in [1.54, 1.807) is 6.20 Å². The number of hydrogen-bond acceptors (Lipinski definition) is 2. The van der Waals surface area contributed by atoms with E-state index in [1.165, 1.54) is 0 Å². The zero-order chi connectivity index (χ0) is 10.6. The van der Waals surface area contributed by atoms with Crippen molar-refractivity contribution in [2.45, 2.75) is 20.8 Å². The zero-order valence-electron chi connectivity index (χ0n) is 8.92.